The topological polar surface area (TPSA) is 38.7 Å². The smallest absolute Gasteiger partial charge is 0.165 e. The summed E-state index contributed by atoms with van der Waals surface area (Å²) < 4.78 is 130. The van der Waals surface area contributed by atoms with Crippen molar-refractivity contribution in [1.29, 1.82) is 0 Å². The van der Waals surface area contributed by atoms with E-state index in [0.29, 0.717) is 22.8 Å². The molecule has 13 aromatic rings. The van der Waals surface area contributed by atoms with E-state index in [-0.39, 0.29) is 110 Å². The van der Waals surface area contributed by atoms with Crippen LogP contribution in [0.1, 0.15) is 19.2 Å². The van der Waals surface area contributed by atoms with Gasteiger partial charge >= 0.3 is 0 Å². The predicted octanol–water partition coefficient (Wildman–Crippen LogP) is 17.0. The normalized spacial score (nSPS) is 14.9. The van der Waals surface area contributed by atoms with Gasteiger partial charge < -0.3 is 0 Å². The van der Waals surface area contributed by atoms with Crippen molar-refractivity contribution in [2.24, 2.45) is 0 Å². The van der Waals surface area contributed by atoms with E-state index in [0.717, 1.165) is 54.0 Å². The Kier molecular flexibility index (Phi) is 5.79. The maximum atomic E-state index is 9.89. The fourth-order valence-electron chi connectivity index (χ4n) is 8.16. The molecular weight excluding hydrogens is 823 g/mol. The number of hydrogen-bond acceptors (Lipinski definition) is 6. The van der Waals surface area contributed by atoms with Crippen LogP contribution in [0.3, 0.4) is 0 Å². The summed E-state index contributed by atoms with van der Waals surface area (Å²) in [4.78, 5) is 15.6. The highest BCUT2D eigenvalue weighted by Crippen LogP contribution is 2.43. The van der Waals surface area contributed by atoms with Crippen molar-refractivity contribution in [3.8, 4) is 67.5 Å². The fourth-order valence-corrected chi connectivity index (χ4v) is 11.2. The highest BCUT2D eigenvalue weighted by molar-refractivity contribution is 7.26. The Labute approximate surface area is 394 Å². The van der Waals surface area contributed by atoms with E-state index >= 15 is 0 Å². The molecule has 6 heteroatoms. The molecule has 0 amide bonds. The van der Waals surface area contributed by atoms with Crippen molar-refractivity contribution < 1.29 is 19.2 Å². The van der Waals surface area contributed by atoms with Crippen LogP contribution in [0.5, 0.6) is 0 Å². The van der Waals surface area contributed by atoms with Gasteiger partial charge in [0.1, 0.15) is 0 Å². The van der Waals surface area contributed by atoms with E-state index in [1.54, 1.807) is 23.5 Å². The summed E-state index contributed by atoms with van der Waals surface area (Å²) in [7, 11) is 0. The first-order valence-corrected chi connectivity index (χ1v) is 22.3. The third-order valence-electron chi connectivity index (χ3n) is 11.1. The average Bonchev–Trinajstić information content (AvgIpc) is 4.40. The lowest BCUT2D eigenvalue weighted by molar-refractivity contribution is 1.08. The monoisotopic (exact) mass is 869 g/mol. The summed E-state index contributed by atoms with van der Waals surface area (Å²) in [6.45, 7) is 0. The van der Waals surface area contributed by atoms with E-state index in [2.05, 4.69) is 12.1 Å². The molecule has 0 atom stereocenters. The van der Waals surface area contributed by atoms with Gasteiger partial charge in [-0.05, 0) is 100.0 Å². The summed E-state index contributed by atoms with van der Waals surface area (Å²) in [5, 5.41) is 2.23. The molecule has 0 bridgehead atoms. The second kappa shape index (κ2) is 14.6. The van der Waals surface area contributed by atoms with E-state index < -0.39 is 48.3 Å². The summed E-state index contributed by atoms with van der Waals surface area (Å²) in [5.41, 5.74) is 3.43. The van der Waals surface area contributed by atoms with E-state index in [1.807, 2.05) is 84.9 Å². The summed E-state index contributed by atoms with van der Waals surface area (Å²) in [6.07, 6.45) is 0. The van der Waals surface area contributed by atoms with E-state index in [1.165, 1.54) is 6.07 Å². The molecule has 9 aromatic carbocycles. The van der Waals surface area contributed by atoms with Crippen LogP contribution in [0.15, 0.2) is 200 Å². The number of thiophene rings is 3. The first kappa shape index (κ1) is 24.9. The Morgan fingerprint density at radius 3 is 1.54 bits per heavy atom. The van der Waals surface area contributed by atoms with Crippen molar-refractivity contribution in [2.45, 2.75) is 0 Å². The van der Waals surface area contributed by atoms with Crippen LogP contribution in [0, 0.1) is 0 Å². The van der Waals surface area contributed by atoms with Crippen molar-refractivity contribution in [1.82, 2.24) is 15.0 Å². The number of fused-ring (bicyclic) bond motifs is 9. The standard InChI is InChI=1S/C57H33N3S3/c1-2-13-34(14-3-1)40-15-4-5-19-45(40)56-58-55(59-57(60-56)46-21-12-20-44-41-16-6-11-24-51(41)63-54(44)46)39-30-37(35-25-27-52-47(32-35)42-17-7-9-22-49(42)61-52)29-38(31-39)36-26-28-53-48(33-36)43-18-8-10-23-50(43)62-53/h1-33H/i7D,8D,9D,10D,17D,18D,22D,23D,25D,26D,27D,28D,32D,33D. The Hall–Kier alpha value is -7.35. The minimum Gasteiger partial charge on any atom is -0.208 e. The SMILES string of the molecule is [2H]c1c([2H])c([2H])c2c(sc3c([2H])c([2H])c(-c4cc(-c5nc(-c6ccccc6-c6ccccc6)nc(-c6cccc7c6sc6ccccc67)n5)cc(-c5c([2H])c([2H])c6sc7c([2H])c([2H])c([2H])c([2H])c7c6c5[2H])c4)c([2H])c32)c1[2H]. The molecular formula is C57H33N3S3. The Bertz CT molecular complexity index is 4590. The molecule has 0 aliphatic rings. The third kappa shape index (κ3) is 6.17. The zero-order valence-electron chi connectivity index (χ0n) is 46.5. The Balaban J connectivity index is 1.16. The molecule has 0 fully saturated rings. The van der Waals surface area contributed by atoms with Crippen molar-refractivity contribution in [3.05, 3.63) is 200 Å². The molecule has 0 aliphatic heterocycles. The molecule has 4 heterocycles. The number of hydrogen-bond donors (Lipinski definition) is 0. The number of nitrogens with zero attached hydrogens (tertiary/aromatic N) is 3. The largest absolute Gasteiger partial charge is 0.208 e. The van der Waals surface area contributed by atoms with Crippen LogP contribution >= 0.6 is 34.0 Å². The summed E-state index contributed by atoms with van der Waals surface area (Å²) in [5.74, 6) is 0.709. The molecule has 63 heavy (non-hydrogen) atoms. The zero-order chi connectivity index (χ0) is 53.6. The van der Waals surface area contributed by atoms with Gasteiger partial charge in [-0.3, -0.25) is 0 Å². The molecule has 0 radical (unpaired) electrons. The van der Waals surface area contributed by atoms with Gasteiger partial charge in [-0.1, -0.05) is 133 Å². The van der Waals surface area contributed by atoms with Crippen LogP contribution in [-0.2, 0) is 0 Å². The van der Waals surface area contributed by atoms with Gasteiger partial charge in [0.25, 0.3) is 0 Å². The van der Waals surface area contributed by atoms with Crippen molar-refractivity contribution in [2.75, 3.05) is 0 Å². The molecule has 0 saturated carbocycles. The number of rotatable bonds is 6. The van der Waals surface area contributed by atoms with Gasteiger partial charge in [0.05, 0.1) is 19.2 Å². The number of benzene rings is 9. The maximum Gasteiger partial charge on any atom is 0.165 e. The van der Waals surface area contributed by atoms with Crippen LogP contribution in [0.4, 0.5) is 0 Å². The van der Waals surface area contributed by atoms with Gasteiger partial charge in [-0.15, -0.1) is 34.0 Å². The third-order valence-corrected chi connectivity index (χ3v) is 14.3. The lowest BCUT2D eigenvalue weighted by Gasteiger charge is -2.14. The Morgan fingerprint density at radius 2 is 0.841 bits per heavy atom. The first-order valence-electron chi connectivity index (χ1n) is 26.9. The molecule has 0 saturated heterocycles. The summed E-state index contributed by atoms with van der Waals surface area (Å²) in [6, 6.07) is 30.8. The van der Waals surface area contributed by atoms with E-state index in [9.17, 15) is 8.22 Å². The van der Waals surface area contributed by atoms with Crippen LogP contribution in [0.2, 0.25) is 0 Å². The van der Waals surface area contributed by atoms with Gasteiger partial charge in [-0.2, -0.15) is 0 Å². The van der Waals surface area contributed by atoms with Crippen LogP contribution in [-0.4, -0.2) is 15.0 Å². The summed E-state index contributed by atoms with van der Waals surface area (Å²) >= 11 is 3.41. The van der Waals surface area contributed by atoms with Crippen molar-refractivity contribution in [3.63, 3.8) is 0 Å². The quantitative estimate of drug-likeness (QED) is 0.167. The van der Waals surface area contributed by atoms with E-state index in [4.69, 9.17) is 25.9 Å². The molecule has 3 nitrogen and oxygen atoms in total. The Morgan fingerprint density at radius 1 is 0.317 bits per heavy atom. The lowest BCUT2D eigenvalue weighted by Crippen LogP contribution is -2.01. The minimum atomic E-state index is -0.520. The van der Waals surface area contributed by atoms with Crippen LogP contribution < -0.4 is 0 Å². The molecule has 0 spiro atoms. The molecule has 0 unspecified atom stereocenters. The fraction of sp³-hybridized carbons (Fsp3) is 0. The van der Waals surface area contributed by atoms with Gasteiger partial charge in [0.2, 0.25) is 0 Å². The lowest BCUT2D eigenvalue weighted by atomic mass is 9.94. The van der Waals surface area contributed by atoms with Gasteiger partial charge in [-0.25, -0.2) is 15.0 Å². The van der Waals surface area contributed by atoms with Crippen molar-refractivity contribution >= 4 is 94.5 Å². The molecule has 0 aliphatic carbocycles. The predicted molar refractivity (Wildman–Crippen MR) is 271 cm³/mol. The second-order valence-electron chi connectivity index (χ2n) is 14.8. The first-order chi connectivity index (χ1) is 37.0. The number of aromatic nitrogens is 3. The van der Waals surface area contributed by atoms with Crippen LogP contribution in [0.25, 0.3) is 128 Å². The molecule has 13 rings (SSSR count). The molecule has 294 valence electrons. The van der Waals surface area contributed by atoms with Gasteiger partial charge in [0.15, 0.2) is 17.5 Å². The molecule has 0 N–H and O–H groups in total. The zero-order valence-corrected chi connectivity index (χ0v) is 35.0. The molecule has 4 aromatic heterocycles. The average molecular weight is 870 g/mol. The maximum absolute atomic E-state index is 9.89. The highest BCUT2D eigenvalue weighted by Gasteiger charge is 2.20. The second-order valence-corrected chi connectivity index (χ2v) is 17.9. The minimum absolute atomic E-state index is 0.0338. The highest BCUT2D eigenvalue weighted by atomic mass is 32.1. The van der Waals surface area contributed by atoms with Gasteiger partial charge in [0, 0.05) is 77.2 Å².